The molecule has 13 heteroatoms. The van der Waals surface area contributed by atoms with Crippen molar-refractivity contribution in [2.24, 2.45) is 0 Å². The lowest BCUT2D eigenvalue weighted by Gasteiger charge is -2.35. The van der Waals surface area contributed by atoms with E-state index in [2.05, 4.69) is 0 Å². The molecule has 214 valence electrons. The molecule has 1 amide bonds. The number of nitrogens with zero attached hydrogens (tertiary/aromatic N) is 1. The van der Waals surface area contributed by atoms with Crippen LogP contribution in [-0.4, -0.2) is 69.1 Å². The van der Waals surface area contributed by atoms with Gasteiger partial charge in [-0.2, -0.15) is 0 Å². The van der Waals surface area contributed by atoms with E-state index in [-0.39, 0.29) is 16.6 Å². The zero-order valence-corrected chi connectivity index (χ0v) is 23.7. The number of rotatable bonds is 11. The van der Waals surface area contributed by atoms with E-state index >= 15 is 4.39 Å². The topological polar surface area (TPSA) is 84.9 Å². The van der Waals surface area contributed by atoms with E-state index in [9.17, 15) is 22.0 Å². The number of ether oxygens (including phenoxy) is 2. The van der Waals surface area contributed by atoms with Crippen molar-refractivity contribution in [2.45, 2.75) is 60.3 Å². The maximum Gasteiger partial charge on any atom is 0.265 e. The summed E-state index contributed by atoms with van der Waals surface area (Å²) in [6, 6.07) is 7.64. The Labute approximate surface area is 235 Å². The fourth-order valence-corrected chi connectivity index (χ4v) is 6.65. The van der Waals surface area contributed by atoms with Crippen molar-refractivity contribution in [2.75, 3.05) is 32.0 Å². The number of thioether (sulfide) groups is 1. The van der Waals surface area contributed by atoms with Crippen LogP contribution in [0.3, 0.4) is 0 Å². The number of benzene rings is 2. The van der Waals surface area contributed by atoms with Crippen molar-refractivity contribution in [3.8, 4) is 5.75 Å². The summed E-state index contributed by atoms with van der Waals surface area (Å²) < 4.78 is 80.8. The maximum atomic E-state index is 15.2. The lowest BCUT2D eigenvalue weighted by atomic mass is 9.95. The van der Waals surface area contributed by atoms with E-state index in [1.807, 2.05) is 9.62 Å². The number of halogens is 4. The highest BCUT2D eigenvalue weighted by molar-refractivity contribution is 7.99. The Morgan fingerprint density at radius 2 is 1.97 bits per heavy atom. The minimum Gasteiger partial charge on any atom is -0.485 e. The highest BCUT2D eigenvalue weighted by atomic mass is 35.5. The van der Waals surface area contributed by atoms with E-state index < -0.39 is 44.5 Å². The minimum absolute atomic E-state index is 0.285. The molecule has 2 aliphatic rings. The summed E-state index contributed by atoms with van der Waals surface area (Å²) in [6.45, 7) is 2.99. The van der Waals surface area contributed by atoms with Gasteiger partial charge in [0.05, 0.1) is 9.92 Å². The summed E-state index contributed by atoms with van der Waals surface area (Å²) >= 11 is 7.65. The van der Waals surface area contributed by atoms with Gasteiger partial charge in [0.1, 0.15) is 23.7 Å². The molecule has 2 aromatic carbocycles. The van der Waals surface area contributed by atoms with Crippen LogP contribution in [0.2, 0.25) is 5.02 Å². The van der Waals surface area contributed by atoms with Crippen LogP contribution < -0.4 is 9.46 Å². The first kappa shape index (κ1) is 30.0. The van der Waals surface area contributed by atoms with Crippen molar-refractivity contribution in [1.82, 2.24) is 9.62 Å². The first-order valence-corrected chi connectivity index (χ1v) is 15.4. The summed E-state index contributed by atoms with van der Waals surface area (Å²) in [5.74, 6) is -2.20. The fourth-order valence-electron chi connectivity index (χ4n) is 4.29. The van der Waals surface area contributed by atoms with Crippen molar-refractivity contribution >= 4 is 39.3 Å². The van der Waals surface area contributed by atoms with Crippen LogP contribution in [0.1, 0.15) is 32.6 Å². The molecule has 4 rings (SSSR count). The van der Waals surface area contributed by atoms with Gasteiger partial charge in [-0.3, -0.25) is 9.69 Å². The summed E-state index contributed by atoms with van der Waals surface area (Å²) in [5.41, 5.74) is -1.30. The van der Waals surface area contributed by atoms with Crippen LogP contribution in [0.15, 0.2) is 46.2 Å². The molecule has 2 fully saturated rings. The maximum absolute atomic E-state index is 15.2. The average Bonchev–Trinajstić information content (AvgIpc) is 2.87. The van der Waals surface area contributed by atoms with Gasteiger partial charge in [-0.05, 0) is 69.0 Å². The van der Waals surface area contributed by atoms with E-state index in [0.717, 1.165) is 23.4 Å². The molecule has 0 aliphatic carbocycles. The predicted octanol–water partition coefficient (Wildman–Crippen LogP) is 4.97. The summed E-state index contributed by atoms with van der Waals surface area (Å²) in [7, 11) is -4.45. The molecule has 0 aromatic heterocycles. The molecule has 1 N–H and O–H groups in total. The second-order valence-electron chi connectivity index (χ2n) is 9.84. The molecule has 2 aromatic rings. The number of alkyl halides is 1. The van der Waals surface area contributed by atoms with Crippen LogP contribution in [0.25, 0.3) is 0 Å². The summed E-state index contributed by atoms with van der Waals surface area (Å²) in [5, 5.41) is -0.285. The third kappa shape index (κ3) is 7.81. The first-order valence-electron chi connectivity index (χ1n) is 12.6. The number of amides is 1. The van der Waals surface area contributed by atoms with Crippen molar-refractivity contribution < 1.29 is 35.9 Å². The lowest BCUT2D eigenvalue weighted by Crippen LogP contribution is -2.50. The van der Waals surface area contributed by atoms with E-state index in [1.54, 1.807) is 12.1 Å². The van der Waals surface area contributed by atoms with Gasteiger partial charge < -0.3 is 9.47 Å². The quantitative estimate of drug-likeness (QED) is 0.362. The second-order valence-corrected chi connectivity index (χ2v) is 13.0. The van der Waals surface area contributed by atoms with Crippen molar-refractivity contribution in [1.29, 1.82) is 0 Å². The van der Waals surface area contributed by atoms with E-state index in [1.165, 1.54) is 30.8 Å². The van der Waals surface area contributed by atoms with Gasteiger partial charge >= 0.3 is 0 Å². The van der Waals surface area contributed by atoms with Gasteiger partial charge in [0.25, 0.3) is 15.9 Å². The van der Waals surface area contributed by atoms with Gasteiger partial charge in [-0.15, -0.1) is 11.8 Å². The molecule has 0 radical (unpaired) electrons. The Hall–Kier alpha value is -1.99. The molecule has 2 saturated heterocycles. The molecule has 2 heterocycles. The number of hydrogen-bond donors (Lipinski definition) is 1. The Kier molecular flexibility index (Phi) is 9.74. The average molecular weight is 607 g/mol. The number of likely N-dealkylation sites (tertiary alicyclic amines) is 1. The largest absolute Gasteiger partial charge is 0.485 e. The zero-order valence-electron chi connectivity index (χ0n) is 21.3. The zero-order chi connectivity index (χ0) is 28.2. The van der Waals surface area contributed by atoms with Gasteiger partial charge in [-0.1, -0.05) is 11.6 Å². The molecule has 2 aliphatic heterocycles. The molecular weight excluding hydrogens is 577 g/mol. The van der Waals surface area contributed by atoms with E-state index in [4.69, 9.17) is 21.1 Å². The van der Waals surface area contributed by atoms with Crippen LogP contribution in [0.4, 0.5) is 13.2 Å². The lowest BCUT2D eigenvalue weighted by molar-refractivity contribution is -0.148. The number of carbonyl (C=O) groups is 1. The highest BCUT2D eigenvalue weighted by Crippen LogP contribution is 2.34. The number of hydrogen-bond acceptors (Lipinski definition) is 7. The Morgan fingerprint density at radius 1 is 1.26 bits per heavy atom. The van der Waals surface area contributed by atoms with Crippen molar-refractivity contribution in [3.05, 3.63) is 53.1 Å². The standard InChI is InChI=1S/C26H30ClF3N2O5S2/c1-26(9-2-3-11-36-26)25(33)31-39(34,35)21-12-22(27)24(23(30)13-21)37-19(8-10-32-14-18(29)15-32)16-38-20-6-4-17(28)5-7-20/h4-7,12-13,18-19H,2-3,8-11,14-16H2,1H3,(H,31,33)/t19-,26-/m1/s1. The molecule has 0 spiro atoms. The van der Waals surface area contributed by atoms with Gasteiger partial charge in [-0.25, -0.2) is 26.3 Å². The summed E-state index contributed by atoms with van der Waals surface area (Å²) in [6.07, 6.45) is 0.824. The second kappa shape index (κ2) is 12.7. The Morgan fingerprint density at radius 3 is 2.59 bits per heavy atom. The van der Waals surface area contributed by atoms with Crippen molar-refractivity contribution in [3.63, 3.8) is 0 Å². The third-order valence-electron chi connectivity index (χ3n) is 6.67. The first-order chi connectivity index (χ1) is 18.4. The molecule has 39 heavy (non-hydrogen) atoms. The molecule has 0 unspecified atom stereocenters. The number of sulfonamides is 1. The smallest absolute Gasteiger partial charge is 0.265 e. The molecule has 7 nitrogen and oxygen atoms in total. The molecule has 0 bridgehead atoms. The van der Waals surface area contributed by atoms with Crippen LogP contribution in [-0.2, 0) is 19.6 Å². The predicted molar refractivity (Wildman–Crippen MR) is 142 cm³/mol. The van der Waals surface area contributed by atoms with Gasteiger partial charge in [0, 0.05) is 36.9 Å². The molecule has 2 atom stereocenters. The monoisotopic (exact) mass is 606 g/mol. The molecular formula is C26H30ClF3N2O5S2. The third-order valence-corrected chi connectivity index (χ3v) is 9.41. The van der Waals surface area contributed by atoms with Crippen LogP contribution in [0, 0.1) is 11.6 Å². The van der Waals surface area contributed by atoms with Gasteiger partial charge in [0.2, 0.25) is 0 Å². The van der Waals surface area contributed by atoms with Crippen LogP contribution in [0.5, 0.6) is 5.75 Å². The Bertz CT molecular complexity index is 1250. The van der Waals surface area contributed by atoms with Gasteiger partial charge in [0.15, 0.2) is 11.6 Å². The number of nitrogens with one attached hydrogen (secondary N) is 1. The molecule has 0 saturated carbocycles. The van der Waals surface area contributed by atoms with E-state index in [0.29, 0.717) is 51.3 Å². The number of carbonyl (C=O) groups excluding carboxylic acids is 1. The summed E-state index contributed by atoms with van der Waals surface area (Å²) in [4.78, 5) is 14.8. The Balaban J connectivity index is 1.47. The minimum atomic E-state index is -4.45. The highest BCUT2D eigenvalue weighted by Gasteiger charge is 2.38. The SMILES string of the molecule is C[C@]1(C(=O)NS(=O)(=O)c2cc(F)c(O[C@H](CCN3CC(F)C3)CSc3ccc(F)cc3)c(Cl)c2)CCCCO1. The van der Waals surface area contributed by atoms with Crippen LogP contribution >= 0.6 is 23.4 Å². The normalized spacial score (nSPS) is 21.3. The fraction of sp³-hybridized carbons (Fsp3) is 0.500.